The van der Waals surface area contributed by atoms with E-state index < -0.39 is 0 Å². The number of aromatic amines is 1. The molecule has 1 amide bonds. The van der Waals surface area contributed by atoms with Crippen molar-refractivity contribution in [2.75, 3.05) is 31.1 Å². The van der Waals surface area contributed by atoms with Gasteiger partial charge in [0.05, 0.1) is 0 Å². The van der Waals surface area contributed by atoms with Crippen molar-refractivity contribution in [2.45, 2.75) is 19.8 Å². The molecule has 1 aliphatic heterocycles. The van der Waals surface area contributed by atoms with Crippen LogP contribution in [-0.4, -0.2) is 42.0 Å². The molecule has 4 heteroatoms. The Hall–Kier alpha value is -2.75. The number of hydrogen-bond acceptors (Lipinski definition) is 2. The molecule has 4 rings (SSSR count). The van der Waals surface area contributed by atoms with Gasteiger partial charge in [0.1, 0.15) is 0 Å². The third kappa shape index (κ3) is 3.32. The summed E-state index contributed by atoms with van der Waals surface area (Å²) in [6.07, 6.45) is 3.40. The second kappa shape index (κ2) is 7.24. The van der Waals surface area contributed by atoms with E-state index in [1.165, 1.54) is 22.2 Å². The minimum atomic E-state index is 0.264. The summed E-state index contributed by atoms with van der Waals surface area (Å²) in [5.41, 5.74) is 4.96. The van der Waals surface area contributed by atoms with Gasteiger partial charge in [-0.1, -0.05) is 36.4 Å². The number of carbonyl (C=O) groups excluding carboxylic acids is 1. The van der Waals surface area contributed by atoms with Crippen molar-refractivity contribution in [3.05, 3.63) is 65.9 Å². The van der Waals surface area contributed by atoms with Crippen LogP contribution in [0.3, 0.4) is 0 Å². The largest absolute Gasteiger partial charge is 0.368 e. The van der Waals surface area contributed by atoms with Crippen LogP contribution in [-0.2, 0) is 11.2 Å². The van der Waals surface area contributed by atoms with Crippen LogP contribution in [0.1, 0.15) is 17.5 Å². The highest BCUT2D eigenvalue weighted by molar-refractivity contribution is 5.84. The van der Waals surface area contributed by atoms with E-state index in [1.807, 2.05) is 23.2 Å². The molecule has 1 aliphatic rings. The van der Waals surface area contributed by atoms with E-state index in [9.17, 15) is 4.79 Å². The van der Waals surface area contributed by atoms with E-state index >= 15 is 0 Å². The summed E-state index contributed by atoms with van der Waals surface area (Å²) < 4.78 is 0. The normalized spacial score (nSPS) is 14.8. The Kier molecular flexibility index (Phi) is 4.65. The van der Waals surface area contributed by atoms with E-state index in [-0.39, 0.29) is 5.91 Å². The lowest BCUT2D eigenvalue weighted by molar-refractivity contribution is -0.131. The van der Waals surface area contributed by atoms with Gasteiger partial charge in [-0.3, -0.25) is 4.79 Å². The lowest BCUT2D eigenvalue weighted by Gasteiger charge is -2.36. The van der Waals surface area contributed by atoms with Crippen LogP contribution in [0.5, 0.6) is 0 Å². The highest BCUT2D eigenvalue weighted by atomic mass is 16.2. The highest BCUT2D eigenvalue weighted by Gasteiger charge is 2.21. The van der Waals surface area contributed by atoms with Crippen LogP contribution in [0.2, 0.25) is 0 Å². The maximum absolute atomic E-state index is 12.6. The van der Waals surface area contributed by atoms with Crippen molar-refractivity contribution >= 4 is 22.5 Å². The van der Waals surface area contributed by atoms with Gasteiger partial charge in [0.15, 0.2) is 0 Å². The number of anilines is 1. The van der Waals surface area contributed by atoms with Gasteiger partial charge in [-0.25, -0.2) is 0 Å². The first kappa shape index (κ1) is 16.7. The number of rotatable bonds is 4. The molecule has 2 aromatic carbocycles. The SMILES string of the molecule is Cc1ccccc1N1CCN(C(=O)CCc2c[nH]c3ccccc23)CC1. The quantitative estimate of drug-likeness (QED) is 0.780. The molecule has 0 radical (unpaired) electrons. The number of fused-ring (bicyclic) bond motifs is 1. The minimum Gasteiger partial charge on any atom is -0.368 e. The Bertz CT molecular complexity index is 906. The zero-order valence-corrected chi connectivity index (χ0v) is 15.2. The first-order valence-corrected chi connectivity index (χ1v) is 9.36. The van der Waals surface area contributed by atoms with E-state index in [0.717, 1.165) is 38.1 Å². The Morgan fingerprint density at radius 3 is 2.54 bits per heavy atom. The Morgan fingerprint density at radius 1 is 1.00 bits per heavy atom. The highest BCUT2D eigenvalue weighted by Crippen LogP contribution is 2.22. The van der Waals surface area contributed by atoms with E-state index in [4.69, 9.17) is 0 Å². The number of amides is 1. The number of aryl methyl sites for hydroxylation is 2. The van der Waals surface area contributed by atoms with Gasteiger partial charge in [0.25, 0.3) is 0 Å². The third-order valence-corrected chi connectivity index (χ3v) is 5.37. The van der Waals surface area contributed by atoms with Gasteiger partial charge in [-0.15, -0.1) is 0 Å². The average Bonchev–Trinajstić information content (AvgIpc) is 3.10. The second-order valence-corrected chi connectivity index (χ2v) is 7.01. The topological polar surface area (TPSA) is 39.3 Å². The predicted octanol–water partition coefficient (Wildman–Crippen LogP) is 3.76. The van der Waals surface area contributed by atoms with E-state index in [0.29, 0.717) is 6.42 Å². The van der Waals surface area contributed by atoms with Crippen LogP contribution in [0.25, 0.3) is 10.9 Å². The molecule has 0 atom stereocenters. The number of piperazine rings is 1. The van der Waals surface area contributed by atoms with Gasteiger partial charge >= 0.3 is 0 Å². The molecule has 0 aliphatic carbocycles. The molecule has 26 heavy (non-hydrogen) atoms. The van der Waals surface area contributed by atoms with Crippen LogP contribution >= 0.6 is 0 Å². The summed E-state index contributed by atoms with van der Waals surface area (Å²) in [5, 5.41) is 1.23. The van der Waals surface area contributed by atoms with Crippen LogP contribution < -0.4 is 4.90 Å². The van der Waals surface area contributed by atoms with Crippen molar-refractivity contribution < 1.29 is 4.79 Å². The molecule has 0 spiro atoms. The fraction of sp³-hybridized carbons (Fsp3) is 0.318. The summed E-state index contributed by atoms with van der Waals surface area (Å²) in [4.78, 5) is 20.3. The summed E-state index contributed by atoms with van der Waals surface area (Å²) in [6.45, 7) is 5.57. The number of aromatic nitrogens is 1. The summed E-state index contributed by atoms with van der Waals surface area (Å²) in [5.74, 6) is 0.264. The van der Waals surface area contributed by atoms with Crippen LogP contribution in [0.15, 0.2) is 54.7 Å². The number of para-hydroxylation sites is 2. The Labute approximate surface area is 154 Å². The molecule has 0 bridgehead atoms. The second-order valence-electron chi connectivity index (χ2n) is 7.01. The molecular weight excluding hydrogens is 322 g/mol. The number of nitrogens with one attached hydrogen (secondary N) is 1. The van der Waals surface area contributed by atoms with Gasteiger partial charge < -0.3 is 14.8 Å². The first-order valence-electron chi connectivity index (χ1n) is 9.36. The maximum atomic E-state index is 12.6. The number of carbonyl (C=O) groups is 1. The van der Waals surface area contributed by atoms with Crippen molar-refractivity contribution in [1.82, 2.24) is 9.88 Å². The molecular formula is C22H25N3O. The molecule has 3 aromatic rings. The predicted molar refractivity (Wildman–Crippen MR) is 107 cm³/mol. The monoisotopic (exact) mass is 347 g/mol. The fourth-order valence-electron chi connectivity index (χ4n) is 3.85. The van der Waals surface area contributed by atoms with Crippen molar-refractivity contribution in [3.63, 3.8) is 0 Å². The van der Waals surface area contributed by atoms with Gasteiger partial charge in [-0.2, -0.15) is 0 Å². The number of benzene rings is 2. The average molecular weight is 347 g/mol. The molecule has 1 N–H and O–H groups in total. The van der Waals surface area contributed by atoms with Crippen molar-refractivity contribution in [3.8, 4) is 0 Å². The number of hydrogen-bond donors (Lipinski definition) is 1. The fourth-order valence-corrected chi connectivity index (χ4v) is 3.85. The van der Waals surface area contributed by atoms with E-state index in [1.54, 1.807) is 0 Å². The lowest BCUT2D eigenvalue weighted by atomic mass is 10.1. The number of H-pyrrole nitrogens is 1. The molecule has 1 aromatic heterocycles. The van der Waals surface area contributed by atoms with Gasteiger partial charge in [0.2, 0.25) is 5.91 Å². The summed E-state index contributed by atoms with van der Waals surface area (Å²) >= 11 is 0. The van der Waals surface area contributed by atoms with Gasteiger partial charge in [-0.05, 0) is 36.6 Å². The van der Waals surface area contributed by atoms with E-state index in [2.05, 4.69) is 53.2 Å². The Morgan fingerprint density at radius 2 is 1.73 bits per heavy atom. The third-order valence-electron chi connectivity index (χ3n) is 5.37. The van der Waals surface area contributed by atoms with Crippen molar-refractivity contribution in [2.24, 2.45) is 0 Å². The standard InChI is InChI=1S/C22H25N3O/c1-17-6-2-5-9-21(17)24-12-14-25(15-13-24)22(26)11-10-18-16-23-20-8-4-3-7-19(18)20/h2-9,16,23H,10-15H2,1H3. The van der Waals surface area contributed by atoms with Crippen LogP contribution in [0.4, 0.5) is 5.69 Å². The zero-order chi connectivity index (χ0) is 17.9. The zero-order valence-electron chi connectivity index (χ0n) is 15.2. The van der Waals surface area contributed by atoms with Crippen molar-refractivity contribution in [1.29, 1.82) is 0 Å². The molecule has 1 fully saturated rings. The molecule has 0 saturated carbocycles. The molecule has 1 saturated heterocycles. The molecule has 2 heterocycles. The molecule has 4 nitrogen and oxygen atoms in total. The summed E-state index contributed by atoms with van der Waals surface area (Å²) in [6, 6.07) is 16.7. The first-order chi connectivity index (χ1) is 12.7. The lowest BCUT2D eigenvalue weighted by Crippen LogP contribution is -2.49. The maximum Gasteiger partial charge on any atom is 0.223 e. The molecule has 134 valence electrons. The van der Waals surface area contributed by atoms with Crippen LogP contribution in [0, 0.1) is 6.92 Å². The molecule has 0 unspecified atom stereocenters. The number of nitrogens with zero attached hydrogens (tertiary/aromatic N) is 2. The van der Waals surface area contributed by atoms with Gasteiger partial charge in [0, 0.05) is 55.4 Å². The summed E-state index contributed by atoms with van der Waals surface area (Å²) in [7, 11) is 0. The smallest absolute Gasteiger partial charge is 0.223 e. The Balaban J connectivity index is 1.33. The minimum absolute atomic E-state index is 0.264.